The van der Waals surface area contributed by atoms with Gasteiger partial charge in [0, 0.05) is 0 Å². The summed E-state index contributed by atoms with van der Waals surface area (Å²) in [6, 6.07) is 3.69. The van der Waals surface area contributed by atoms with Crippen molar-refractivity contribution in [2.45, 2.75) is 39.5 Å². The van der Waals surface area contributed by atoms with Crippen LogP contribution in [-0.4, -0.2) is 5.78 Å². The van der Waals surface area contributed by atoms with Crippen molar-refractivity contribution in [3.8, 4) is 0 Å². The second-order valence-electron chi connectivity index (χ2n) is 3.70. The van der Waals surface area contributed by atoms with Crippen LogP contribution in [0.2, 0.25) is 0 Å². The fraction of sp³-hybridized carbons (Fsp3) is 0.462. The van der Waals surface area contributed by atoms with Gasteiger partial charge in [0.05, 0.1) is 6.26 Å². The molecule has 2 heteroatoms. The van der Waals surface area contributed by atoms with E-state index in [4.69, 9.17) is 4.42 Å². The van der Waals surface area contributed by atoms with Gasteiger partial charge in [-0.1, -0.05) is 19.8 Å². The molecule has 1 rings (SSSR count). The predicted octanol–water partition coefficient (Wildman–Crippen LogP) is 3.83. The Hall–Kier alpha value is -1.31. The van der Waals surface area contributed by atoms with Gasteiger partial charge >= 0.3 is 0 Å². The first-order valence-corrected chi connectivity index (χ1v) is 5.49. The van der Waals surface area contributed by atoms with E-state index < -0.39 is 0 Å². The first kappa shape index (κ1) is 11.8. The Morgan fingerprint density at radius 1 is 1.47 bits per heavy atom. The molecule has 0 bridgehead atoms. The monoisotopic (exact) mass is 206 g/mol. The molecule has 0 aliphatic rings. The van der Waals surface area contributed by atoms with Gasteiger partial charge in [-0.2, -0.15) is 0 Å². The highest BCUT2D eigenvalue weighted by atomic mass is 16.3. The Kier molecular flexibility index (Phi) is 4.88. The third kappa shape index (κ3) is 4.15. The highest BCUT2D eigenvalue weighted by Gasteiger charge is 2.04. The Labute approximate surface area is 91.0 Å². The van der Waals surface area contributed by atoms with Crippen molar-refractivity contribution in [3.63, 3.8) is 0 Å². The minimum absolute atomic E-state index is 0.141. The fourth-order valence-electron chi connectivity index (χ4n) is 1.46. The maximum Gasteiger partial charge on any atom is 0.155 e. The lowest BCUT2D eigenvalue weighted by molar-refractivity contribution is -0.113. The Balaban J connectivity index is 2.61. The first-order valence-electron chi connectivity index (χ1n) is 5.49. The van der Waals surface area contributed by atoms with Gasteiger partial charge in [-0.15, -0.1) is 0 Å². The second-order valence-corrected chi connectivity index (χ2v) is 3.70. The number of carbonyl (C=O) groups is 1. The summed E-state index contributed by atoms with van der Waals surface area (Å²) < 4.78 is 5.19. The van der Waals surface area contributed by atoms with Crippen LogP contribution in [0.5, 0.6) is 0 Å². The molecule has 0 aliphatic heterocycles. The Bertz CT molecular complexity index is 320. The van der Waals surface area contributed by atoms with Gasteiger partial charge in [0.2, 0.25) is 0 Å². The van der Waals surface area contributed by atoms with E-state index in [2.05, 4.69) is 6.92 Å². The van der Waals surface area contributed by atoms with Gasteiger partial charge in [-0.25, -0.2) is 0 Å². The molecule has 15 heavy (non-hydrogen) atoms. The van der Waals surface area contributed by atoms with Crippen LogP contribution in [0, 0.1) is 0 Å². The van der Waals surface area contributed by atoms with Crippen molar-refractivity contribution in [1.82, 2.24) is 0 Å². The van der Waals surface area contributed by atoms with E-state index in [1.165, 1.54) is 12.8 Å². The number of furan rings is 1. The summed E-state index contributed by atoms with van der Waals surface area (Å²) in [7, 11) is 0. The molecular weight excluding hydrogens is 188 g/mol. The van der Waals surface area contributed by atoms with Crippen LogP contribution >= 0.6 is 0 Å². The highest BCUT2D eigenvalue weighted by Crippen LogP contribution is 2.14. The normalized spacial score (nSPS) is 11.7. The van der Waals surface area contributed by atoms with Crippen LogP contribution in [0.25, 0.3) is 6.08 Å². The number of rotatable bonds is 6. The van der Waals surface area contributed by atoms with E-state index >= 15 is 0 Å². The molecule has 2 nitrogen and oxygen atoms in total. The van der Waals surface area contributed by atoms with Crippen LogP contribution in [0.3, 0.4) is 0 Å². The first-order chi connectivity index (χ1) is 7.24. The fourth-order valence-corrected chi connectivity index (χ4v) is 1.46. The van der Waals surface area contributed by atoms with Gasteiger partial charge in [-0.05, 0) is 43.5 Å². The molecule has 82 valence electrons. The predicted molar refractivity (Wildman–Crippen MR) is 61.5 cm³/mol. The van der Waals surface area contributed by atoms with Crippen LogP contribution in [0.1, 0.15) is 45.3 Å². The number of carbonyl (C=O) groups excluding carboxylic acids is 1. The zero-order valence-electron chi connectivity index (χ0n) is 9.45. The summed E-state index contributed by atoms with van der Waals surface area (Å²) in [5.41, 5.74) is 0.860. The second kappa shape index (κ2) is 6.23. The number of hydrogen-bond donors (Lipinski definition) is 0. The minimum Gasteiger partial charge on any atom is -0.465 e. The molecule has 0 aliphatic carbocycles. The van der Waals surface area contributed by atoms with E-state index in [0.29, 0.717) is 0 Å². The van der Waals surface area contributed by atoms with Crippen molar-refractivity contribution in [2.75, 3.05) is 0 Å². The molecule has 0 aromatic carbocycles. The summed E-state index contributed by atoms with van der Waals surface area (Å²) >= 11 is 0. The largest absolute Gasteiger partial charge is 0.465 e. The molecule has 0 radical (unpaired) electrons. The van der Waals surface area contributed by atoms with E-state index in [0.717, 1.165) is 24.2 Å². The molecule has 0 spiro atoms. The van der Waals surface area contributed by atoms with E-state index in [1.807, 2.05) is 18.2 Å². The van der Waals surface area contributed by atoms with Gasteiger partial charge in [-0.3, -0.25) is 4.79 Å². The van der Waals surface area contributed by atoms with Crippen LogP contribution < -0.4 is 0 Å². The molecule has 0 unspecified atom stereocenters. The van der Waals surface area contributed by atoms with Crippen LogP contribution in [-0.2, 0) is 4.79 Å². The summed E-state index contributed by atoms with van der Waals surface area (Å²) in [6.45, 7) is 3.77. The van der Waals surface area contributed by atoms with Crippen LogP contribution in [0.15, 0.2) is 28.4 Å². The average Bonchev–Trinajstić information content (AvgIpc) is 2.69. The molecule has 1 aromatic heterocycles. The smallest absolute Gasteiger partial charge is 0.155 e. The van der Waals surface area contributed by atoms with Gasteiger partial charge in [0.1, 0.15) is 5.76 Å². The van der Waals surface area contributed by atoms with Crippen molar-refractivity contribution < 1.29 is 9.21 Å². The zero-order chi connectivity index (χ0) is 11.1. The Morgan fingerprint density at radius 3 is 2.80 bits per heavy atom. The SMILES string of the molecule is CCCCCC(=Cc1ccco1)C(C)=O. The van der Waals surface area contributed by atoms with E-state index in [9.17, 15) is 4.79 Å². The minimum atomic E-state index is 0.141. The van der Waals surface area contributed by atoms with Gasteiger partial charge < -0.3 is 4.42 Å². The molecule has 0 saturated heterocycles. The molecule has 0 amide bonds. The topological polar surface area (TPSA) is 30.2 Å². The molecule has 0 saturated carbocycles. The zero-order valence-corrected chi connectivity index (χ0v) is 9.45. The summed E-state index contributed by atoms with van der Waals surface area (Å²) in [5, 5.41) is 0. The highest BCUT2D eigenvalue weighted by molar-refractivity contribution is 5.97. The third-order valence-corrected chi connectivity index (χ3v) is 2.36. The summed E-state index contributed by atoms with van der Waals surface area (Å²) in [6.07, 6.45) is 7.73. The molecule has 1 heterocycles. The standard InChI is InChI=1S/C13H18O2/c1-3-4-5-7-12(11(2)14)10-13-8-6-9-15-13/h6,8-10H,3-5,7H2,1-2H3. The van der Waals surface area contributed by atoms with Crippen molar-refractivity contribution in [1.29, 1.82) is 0 Å². The lowest BCUT2D eigenvalue weighted by Crippen LogP contribution is -1.96. The molecule has 1 aromatic rings. The number of hydrogen-bond acceptors (Lipinski definition) is 2. The maximum absolute atomic E-state index is 11.4. The van der Waals surface area contributed by atoms with Crippen molar-refractivity contribution >= 4 is 11.9 Å². The molecule has 0 N–H and O–H groups in total. The quantitative estimate of drug-likeness (QED) is 0.523. The van der Waals surface area contributed by atoms with E-state index in [-0.39, 0.29) is 5.78 Å². The average molecular weight is 206 g/mol. The summed E-state index contributed by atoms with van der Waals surface area (Å²) in [4.78, 5) is 11.4. The summed E-state index contributed by atoms with van der Waals surface area (Å²) in [5.74, 6) is 0.902. The van der Waals surface area contributed by atoms with Gasteiger partial charge in [0.25, 0.3) is 0 Å². The van der Waals surface area contributed by atoms with Crippen LogP contribution in [0.4, 0.5) is 0 Å². The molecule has 0 fully saturated rings. The Morgan fingerprint density at radius 2 is 2.27 bits per heavy atom. The van der Waals surface area contributed by atoms with E-state index in [1.54, 1.807) is 13.2 Å². The number of unbranched alkanes of at least 4 members (excludes halogenated alkanes) is 2. The number of allylic oxidation sites excluding steroid dienone is 1. The maximum atomic E-state index is 11.4. The molecule has 0 atom stereocenters. The third-order valence-electron chi connectivity index (χ3n) is 2.36. The molecular formula is C13H18O2. The number of Topliss-reactive ketones (excluding diaryl/α,β-unsaturated/α-hetero) is 1. The number of ketones is 1. The van der Waals surface area contributed by atoms with Gasteiger partial charge in [0.15, 0.2) is 5.78 Å². The lowest BCUT2D eigenvalue weighted by atomic mass is 10.0. The van der Waals surface area contributed by atoms with Crippen molar-refractivity contribution in [3.05, 3.63) is 29.7 Å². The van der Waals surface area contributed by atoms with Crippen molar-refractivity contribution in [2.24, 2.45) is 0 Å². The lowest BCUT2D eigenvalue weighted by Gasteiger charge is -2.01.